The van der Waals surface area contributed by atoms with Crippen LogP contribution in [-0.4, -0.2) is 5.78 Å². The molecule has 0 aliphatic heterocycles. The summed E-state index contributed by atoms with van der Waals surface area (Å²) in [5.74, 6) is 0.0805. The predicted molar refractivity (Wildman–Crippen MR) is 78.3 cm³/mol. The summed E-state index contributed by atoms with van der Waals surface area (Å²) in [4.78, 5) is 12.4. The zero-order valence-electron chi connectivity index (χ0n) is 12.2. The first-order valence-corrected chi connectivity index (χ1v) is 6.68. The van der Waals surface area contributed by atoms with Gasteiger partial charge in [0.2, 0.25) is 0 Å². The molecule has 0 fully saturated rings. The van der Waals surface area contributed by atoms with Crippen molar-refractivity contribution in [1.82, 2.24) is 0 Å². The molecule has 1 atom stereocenters. The first kappa shape index (κ1) is 15.9. The molecule has 0 radical (unpaired) electrons. The molecule has 0 saturated carbocycles. The van der Waals surface area contributed by atoms with Crippen LogP contribution >= 0.6 is 0 Å². The van der Waals surface area contributed by atoms with E-state index in [2.05, 4.69) is 25.3 Å². The van der Waals surface area contributed by atoms with E-state index in [0.29, 0.717) is 24.8 Å². The molecule has 1 aliphatic carbocycles. The molecule has 0 aromatic carbocycles. The highest BCUT2D eigenvalue weighted by Gasteiger charge is 2.48. The summed E-state index contributed by atoms with van der Waals surface area (Å²) in [6, 6.07) is 4.20. The molecule has 0 bridgehead atoms. The summed E-state index contributed by atoms with van der Waals surface area (Å²) in [6.07, 6.45) is 5.19. The maximum Gasteiger partial charge on any atom is 0.169 e. The van der Waals surface area contributed by atoms with Gasteiger partial charge in [-0.3, -0.25) is 4.79 Å². The molecule has 1 unspecified atom stereocenters. The summed E-state index contributed by atoms with van der Waals surface area (Å²) < 4.78 is 0. The number of allylic oxidation sites excluding steroid dienone is 4. The van der Waals surface area contributed by atoms with Gasteiger partial charge in [0, 0.05) is 12.8 Å². The van der Waals surface area contributed by atoms with Crippen molar-refractivity contribution in [3.05, 3.63) is 36.5 Å². The number of Topliss-reactive ketones (excluding diaryl/α,β-unsaturated/α-hetero) is 1. The van der Waals surface area contributed by atoms with E-state index in [-0.39, 0.29) is 12.2 Å². The minimum atomic E-state index is -1.30. The molecule has 0 saturated heterocycles. The van der Waals surface area contributed by atoms with Crippen LogP contribution in [0.4, 0.5) is 0 Å². The van der Waals surface area contributed by atoms with Gasteiger partial charge < -0.3 is 0 Å². The maximum absolute atomic E-state index is 12.4. The van der Waals surface area contributed by atoms with E-state index in [1.54, 1.807) is 6.08 Å². The highest BCUT2D eigenvalue weighted by Crippen LogP contribution is 2.49. The van der Waals surface area contributed by atoms with Gasteiger partial charge in [-0.2, -0.15) is 10.5 Å². The van der Waals surface area contributed by atoms with Crippen LogP contribution in [0.2, 0.25) is 0 Å². The van der Waals surface area contributed by atoms with Crippen LogP contribution in [-0.2, 0) is 4.79 Å². The van der Waals surface area contributed by atoms with E-state index in [9.17, 15) is 15.3 Å². The Hall–Kier alpha value is -2.13. The summed E-state index contributed by atoms with van der Waals surface area (Å²) in [6.45, 7) is 11.2. The van der Waals surface area contributed by atoms with E-state index in [1.165, 1.54) is 0 Å². The average Bonchev–Trinajstić information content (AvgIpc) is 2.39. The van der Waals surface area contributed by atoms with E-state index < -0.39 is 10.8 Å². The number of nitriles is 2. The van der Waals surface area contributed by atoms with Crippen LogP contribution in [0.1, 0.15) is 39.5 Å². The van der Waals surface area contributed by atoms with Crippen molar-refractivity contribution in [2.45, 2.75) is 39.5 Å². The number of rotatable bonds is 5. The zero-order valence-corrected chi connectivity index (χ0v) is 12.2. The van der Waals surface area contributed by atoms with Crippen molar-refractivity contribution in [2.24, 2.45) is 10.8 Å². The maximum atomic E-state index is 12.4. The number of hydrogen-bond acceptors (Lipinski definition) is 3. The molecule has 3 heteroatoms. The van der Waals surface area contributed by atoms with Gasteiger partial charge in [-0.1, -0.05) is 17.7 Å². The van der Waals surface area contributed by atoms with Crippen LogP contribution < -0.4 is 0 Å². The third-order valence-electron chi connectivity index (χ3n) is 3.88. The third kappa shape index (κ3) is 2.58. The van der Waals surface area contributed by atoms with Crippen molar-refractivity contribution in [2.75, 3.05) is 0 Å². The molecule has 0 spiro atoms. The Morgan fingerprint density at radius 2 is 2.15 bits per heavy atom. The zero-order chi connectivity index (χ0) is 15.4. The Balaban J connectivity index is 3.45. The molecule has 20 heavy (non-hydrogen) atoms. The van der Waals surface area contributed by atoms with Crippen LogP contribution in [0.25, 0.3) is 0 Å². The Morgan fingerprint density at radius 3 is 2.60 bits per heavy atom. The van der Waals surface area contributed by atoms with Crippen molar-refractivity contribution in [1.29, 1.82) is 10.5 Å². The van der Waals surface area contributed by atoms with Crippen molar-refractivity contribution >= 4 is 5.78 Å². The van der Waals surface area contributed by atoms with Crippen LogP contribution in [0.5, 0.6) is 0 Å². The number of ketones is 1. The fourth-order valence-electron chi connectivity index (χ4n) is 3.00. The lowest BCUT2D eigenvalue weighted by Gasteiger charge is -2.39. The summed E-state index contributed by atoms with van der Waals surface area (Å²) >= 11 is 0. The fraction of sp³-hybridized carbons (Fsp3) is 0.471. The second-order valence-electron chi connectivity index (χ2n) is 5.67. The molecule has 1 rings (SSSR count). The molecule has 3 nitrogen and oxygen atoms in total. The first-order valence-electron chi connectivity index (χ1n) is 6.68. The van der Waals surface area contributed by atoms with E-state index in [4.69, 9.17) is 0 Å². The van der Waals surface area contributed by atoms with Crippen molar-refractivity contribution < 1.29 is 4.79 Å². The van der Waals surface area contributed by atoms with Gasteiger partial charge in [-0.15, -0.1) is 13.2 Å². The van der Waals surface area contributed by atoms with Crippen LogP contribution in [0.15, 0.2) is 36.5 Å². The van der Waals surface area contributed by atoms with Gasteiger partial charge in [0.05, 0.1) is 17.6 Å². The highest BCUT2D eigenvalue weighted by atomic mass is 16.1. The van der Waals surface area contributed by atoms with Gasteiger partial charge in [-0.05, 0) is 32.3 Å². The largest absolute Gasteiger partial charge is 0.299 e. The Bertz CT molecular complexity index is 543. The molecule has 0 aromatic rings. The molecular formula is C17H20N2O. The lowest BCUT2D eigenvalue weighted by molar-refractivity contribution is -0.127. The van der Waals surface area contributed by atoms with E-state index in [0.717, 1.165) is 5.57 Å². The average molecular weight is 268 g/mol. The minimum Gasteiger partial charge on any atom is -0.299 e. The molecule has 0 heterocycles. The molecular weight excluding hydrogens is 248 g/mol. The lowest BCUT2D eigenvalue weighted by atomic mass is 9.60. The van der Waals surface area contributed by atoms with Gasteiger partial charge >= 0.3 is 0 Å². The van der Waals surface area contributed by atoms with E-state index in [1.807, 2.05) is 19.9 Å². The monoisotopic (exact) mass is 268 g/mol. The Labute approximate surface area is 120 Å². The lowest BCUT2D eigenvalue weighted by Crippen LogP contribution is -2.40. The number of carbonyl (C=O) groups excluding carboxylic acids is 1. The van der Waals surface area contributed by atoms with Gasteiger partial charge in [0.25, 0.3) is 0 Å². The second kappa shape index (κ2) is 5.88. The second-order valence-corrected chi connectivity index (χ2v) is 5.67. The Kier molecular flexibility index (Phi) is 4.69. The van der Waals surface area contributed by atoms with Gasteiger partial charge in [0.15, 0.2) is 5.41 Å². The van der Waals surface area contributed by atoms with E-state index >= 15 is 0 Å². The van der Waals surface area contributed by atoms with Gasteiger partial charge in [-0.25, -0.2) is 0 Å². The molecule has 104 valence electrons. The summed E-state index contributed by atoms with van der Waals surface area (Å²) in [5, 5.41) is 19.0. The molecule has 1 aliphatic rings. The Morgan fingerprint density at radius 1 is 1.55 bits per heavy atom. The molecule has 0 N–H and O–H groups in total. The standard InChI is InChI=1S/C17H20N2O/c1-5-9-17(11-18,12-19)14-7-6-8-15(20)16(14,4)10-13(2)3/h5,7H,1-2,6,8-10H2,3-4H3. The number of hydrogen-bond donors (Lipinski definition) is 0. The fourth-order valence-corrected chi connectivity index (χ4v) is 3.00. The van der Waals surface area contributed by atoms with Crippen LogP contribution in [0.3, 0.4) is 0 Å². The molecule has 0 amide bonds. The number of nitrogens with zero attached hydrogens (tertiary/aromatic N) is 2. The SMILES string of the molecule is C=CCC(C#N)(C#N)C1=CCCC(=O)C1(C)CC(=C)C. The normalized spacial score (nSPS) is 22.4. The topological polar surface area (TPSA) is 64.7 Å². The van der Waals surface area contributed by atoms with Crippen molar-refractivity contribution in [3.63, 3.8) is 0 Å². The summed E-state index contributed by atoms with van der Waals surface area (Å²) in [7, 11) is 0. The quantitative estimate of drug-likeness (QED) is 0.711. The van der Waals surface area contributed by atoms with Crippen molar-refractivity contribution in [3.8, 4) is 12.1 Å². The predicted octanol–water partition coefficient (Wildman–Crippen LogP) is 3.86. The first-order chi connectivity index (χ1) is 9.36. The minimum absolute atomic E-state index is 0.0805. The highest BCUT2D eigenvalue weighted by molar-refractivity contribution is 5.90. The van der Waals surface area contributed by atoms with Crippen LogP contribution in [0, 0.1) is 33.5 Å². The smallest absolute Gasteiger partial charge is 0.169 e. The third-order valence-corrected chi connectivity index (χ3v) is 3.88. The summed E-state index contributed by atoms with van der Waals surface area (Å²) in [5.41, 5.74) is -0.619. The molecule has 0 aromatic heterocycles. The van der Waals surface area contributed by atoms with Gasteiger partial charge in [0.1, 0.15) is 5.78 Å². The number of carbonyl (C=O) groups is 1.